The standard InChI is InChI=1S/C77H110FN7/c1-52-21-23-61(24-22-52)42-66-44-71-72(46-76(10,11)75(71)81(14)60(66)9)55(4)49-84-36-32-79-48-70(84)43-63-29-33-82(34-30-63)57(6)20-18-16-15-17-19-53(2)64-31-35-83(58(7)39-64)50-68-47-80-56(5)38-67(68)40-59(8)85-51-77(12,13)73-37-54(3)65(45-74(73)85)41-62-25-27-69(78)28-26-62/h21-28,44-45,56,58,63-64,67-68,70,72,79-80H,2-4,6,8-9,15-20,29-43,46-51H2,1,5,7,10-14H3/t56-,58-,64?,67?,68-,70+,72?/m1/s1. The van der Waals surface area contributed by atoms with Crippen LogP contribution in [0, 0.1) is 53.2 Å². The van der Waals surface area contributed by atoms with Crippen LogP contribution in [-0.2, 0) is 12.8 Å². The third kappa shape index (κ3) is 15.0. The molecule has 460 valence electrons. The van der Waals surface area contributed by atoms with E-state index in [4.69, 9.17) is 19.7 Å². The quantitative estimate of drug-likeness (QED) is 0.0849. The number of halogens is 1. The second-order valence-corrected chi connectivity index (χ2v) is 29.6. The van der Waals surface area contributed by atoms with Crippen LogP contribution in [0.5, 0.6) is 0 Å². The Hall–Kier alpha value is -4.99. The molecule has 4 saturated heterocycles. The van der Waals surface area contributed by atoms with E-state index in [0.29, 0.717) is 41.8 Å². The maximum atomic E-state index is 13.8. The van der Waals surface area contributed by atoms with Gasteiger partial charge in [-0.1, -0.05) is 139 Å². The van der Waals surface area contributed by atoms with Gasteiger partial charge < -0.3 is 30.2 Å². The van der Waals surface area contributed by atoms with Gasteiger partial charge in [0.2, 0.25) is 0 Å². The fraction of sp³-hybridized carbons (Fsp3) is 0.584. The molecule has 0 amide bonds. The van der Waals surface area contributed by atoms with Gasteiger partial charge >= 0.3 is 0 Å². The molecule has 0 spiro atoms. The second kappa shape index (κ2) is 27.2. The molecule has 0 bridgehead atoms. The molecule has 3 unspecified atom stereocenters. The van der Waals surface area contributed by atoms with Crippen molar-refractivity contribution >= 4 is 0 Å². The molecular weight excluding hydrogens is 1040 g/mol. The molecule has 6 aliphatic heterocycles. The minimum absolute atomic E-state index is 0.0583. The number of piperidine rings is 3. The number of rotatable bonds is 23. The molecule has 10 rings (SSSR count). The fourth-order valence-corrected chi connectivity index (χ4v) is 16.8. The number of unbranched alkanes of at least 4 members (excludes halogenated alkanes) is 3. The van der Waals surface area contributed by atoms with Crippen LogP contribution in [0.3, 0.4) is 0 Å². The van der Waals surface area contributed by atoms with Gasteiger partial charge in [-0.25, -0.2) is 4.39 Å². The van der Waals surface area contributed by atoms with Crippen LogP contribution >= 0.6 is 0 Å². The highest BCUT2D eigenvalue weighted by atomic mass is 19.1. The Morgan fingerprint density at radius 3 is 2.14 bits per heavy atom. The summed E-state index contributed by atoms with van der Waals surface area (Å²) in [7, 11) is 2.24. The minimum atomic E-state index is -0.190. The van der Waals surface area contributed by atoms with E-state index in [1.54, 1.807) is 12.1 Å². The van der Waals surface area contributed by atoms with Crippen molar-refractivity contribution in [3.8, 4) is 0 Å². The predicted molar refractivity (Wildman–Crippen MR) is 357 cm³/mol. The highest BCUT2D eigenvalue weighted by molar-refractivity contribution is 5.54. The summed E-state index contributed by atoms with van der Waals surface area (Å²) < 4.78 is 13.8. The maximum absolute atomic E-state index is 13.8. The van der Waals surface area contributed by atoms with Gasteiger partial charge in [0.05, 0.1) is 0 Å². The normalized spacial score (nSPS) is 27.5. The van der Waals surface area contributed by atoms with Crippen molar-refractivity contribution in [2.75, 3.05) is 72.5 Å². The number of hydrogen-bond acceptors (Lipinski definition) is 7. The van der Waals surface area contributed by atoms with E-state index >= 15 is 0 Å². The number of likely N-dealkylation sites (N-methyl/N-ethyl adjacent to an activating group) is 1. The molecule has 7 atom stereocenters. The lowest BCUT2D eigenvalue weighted by atomic mass is 9.78. The smallest absolute Gasteiger partial charge is 0.123 e. The Bertz CT molecular complexity index is 2920. The molecule has 0 saturated carbocycles. The van der Waals surface area contributed by atoms with Crippen molar-refractivity contribution in [2.45, 2.75) is 176 Å². The summed E-state index contributed by atoms with van der Waals surface area (Å²) in [5.41, 5.74) is 20.0. The molecule has 4 fully saturated rings. The van der Waals surface area contributed by atoms with Gasteiger partial charge in [0.15, 0.2) is 0 Å². The molecule has 2 aromatic carbocycles. The lowest BCUT2D eigenvalue weighted by Gasteiger charge is -2.44. The van der Waals surface area contributed by atoms with Gasteiger partial charge in [-0.3, -0.25) is 4.90 Å². The lowest BCUT2D eigenvalue weighted by molar-refractivity contribution is 0.0796. The first-order valence-electron chi connectivity index (χ1n) is 33.6. The van der Waals surface area contributed by atoms with E-state index in [0.717, 1.165) is 115 Å². The fourth-order valence-electron chi connectivity index (χ4n) is 16.8. The van der Waals surface area contributed by atoms with Crippen LogP contribution < -0.4 is 10.6 Å². The lowest BCUT2D eigenvalue weighted by Crippen LogP contribution is -2.53. The average Bonchev–Trinajstić information content (AvgIpc) is 2.08. The van der Waals surface area contributed by atoms with Crippen LogP contribution in [0.4, 0.5) is 4.39 Å². The Kier molecular flexibility index (Phi) is 20.2. The summed E-state index contributed by atoms with van der Waals surface area (Å²) in [4.78, 5) is 13.2. The van der Waals surface area contributed by atoms with Crippen molar-refractivity contribution in [3.05, 3.63) is 190 Å². The van der Waals surface area contributed by atoms with E-state index in [1.165, 1.54) is 150 Å². The van der Waals surface area contributed by atoms with Crippen LogP contribution in [0.2, 0.25) is 0 Å². The number of nitrogens with zero attached hydrogens (tertiary/aromatic N) is 5. The Morgan fingerprint density at radius 1 is 0.729 bits per heavy atom. The largest absolute Gasteiger partial charge is 0.375 e. The summed E-state index contributed by atoms with van der Waals surface area (Å²) >= 11 is 0. The van der Waals surface area contributed by atoms with Crippen molar-refractivity contribution in [1.82, 2.24) is 35.1 Å². The Labute approximate surface area is 515 Å². The number of nitrogens with one attached hydrogen (secondary N) is 2. The van der Waals surface area contributed by atoms with E-state index in [9.17, 15) is 4.39 Å². The van der Waals surface area contributed by atoms with Crippen LogP contribution in [-0.4, -0.2) is 115 Å². The number of piperazine rings is 1. The highest BCUT2D eigenvalue weighted by Crippen LogP contribution is 2.54. The van der Waals surface area contributed by atoms with Gasteiger partial charge in [0.25, 0.3) is 0 Å². The Balaban J connectivity index is 0.620. The summed E-state index contributed by atoms with van der Waals surface area (Å²) in [6.45, 7) is 55.7. The van der Waals surface area contributed by atoms with Gasteiger partial charge in [0.1, 0.15) is 5.82 Å². The van der Waals surface area contributed by atoms with Crippen LogP contribution in [0.1, 0.15) is 155 Å². The number of likely N-dealkylation sites (tertiary alicyclic amines) is 2. The molecule has 8 heteroatoms. The third-order valence-corrected chi connectivity index (χ3v) is 22.1. The van der Waals surface area contributed by atoms with E-state index < -0.39 is 0 Å². The minimum Gasteiger partial charge on any atom is -0.375 e. The molecule has 2 aromatic rings. The summed E-state index contributed by atoms with van der Waals surface area (Å²) in [5, 5.41) is 7.66. The molecule has 2 N–H and O–H groups in total. The molecular formula is C77H110FN7. The highest BCUT2D eigenvalue weighted by Gasteiger charge is 2.45. The molecule has 0 aromatic heterocycles. The van der Waals surface area contributed by atoms with Crippen molar-refractivity contribution in [3.63, 3.8) is 0 Å². The van der Waals surface area contributed by atoms with Gasteiger partial charge in [-0.05, 0) is 211 Å². The van der Waals surface area contributed by atoms with Crippen molar-refractivity contribution in [2.24, 2.45) is 40.4 Å². The molecule has 2 aliphatic carbocycles. The van der Waals surface area contributed by atoms with E-state index in [2.05, 4.69) is 147 Å². The molecule has 7 nitrogen and oxygen atoms in total. The zero-order valence-corrected chi connectivity index (χ0v) is 54.3. The Morgan fingerprint density at radius 2 is 1.42 bits per heavy atom. The first-order valence-corrected chi connectivity index (χ1v) is 33.6. The first kappa shape index (κ1) is 63.0. The molecule has 0 radical (unpaired) electrons. The van der Waals surface area contributed by atoms with Gasteiger partial charge in [-0.2, -0.15) is 0 Å². The van der Waals surface area contributed by atoms with E-state index in [1.807, 2.05) is 12.1 Å². The van der Waals surface area contributed by atoms with E-state index in [-0.39, 0.29) is 16.6 Å². The number of benzene rings is 2. The van der Waals surface area contributed by atoms with Gasteiger partial charge in [0, 0.05) is 123 Å². The molecule has 8 aliphatic rings. The number of hydrogen-bond donors (Lipinski definition) is 2. The first-order chi connectivity index (χ1) is 40.6. The predicted octanol–water partition coefficient (Wildman–Crippen LogP) is 16.0. The van der Waals surface area contributed by atoms with Crippen LogP contribution in [0.15, 0.2) is 168 Å². The third-order valence-electron chi connectivity index (χ3n) is 22.1. The second-order valence-electron chi connectivity index (χ2n) is 29.6. The zero-order chi connectivity index (χ0) is 60.3. The monoisotopic (exact) mass is 1150 g/mol. The summed E-state index contributed by atoms with van der Waals surface area (Å²) in [6.07, 6.45) is 24.4. The number of aryl methyl sites for hydroxylation is 1. The zero-order valence-electron chi connectivity index (χ0n) is 54.3. The molecule has 6 heterocycles. The molecule has 85 heavy (non-hydrogen) atoms. The summed E-state index contributed by atoms with van der Waals surface area (Å²) in [6, 6.07) is 17.6. The number of allylic oxidation sites excluding steroid dienone is 10. The topological polar surface area (TPSA) is 40.3 Å². The van der Waals surface area contributed by atoms with Crippen molar-refractivity contribution in [1.29, 1.82) is 0 Å². The average molecular weight is 1150 g/mol. The SMILES string of the molecule is C=C1CC2=C(C=C1Cc1ccc(F)cc1)N(C(=C)CC1C[C@@H](C)NC[C@@H]1CN1CCC(C(=C)CCCCCCC(=C)N3CCC(C[C@H]4CNCCN4CC(=C)C4CC(C)(C)C5=C4C=C(Cc4ccc(C)cc4)C(=C)N5C)CC3)C[C@H]1C)CC2(C)C. The van der Waals surface area contributed by atoms with Crippen LogP contribution in [0.25, 0.3) is 0 Å². The van der Waals surface area contributed by atoms with Crippen molar-refractivity contribution < 1.29 is 4.39 Å². The van der Waals surface area contributed by atoms with Gasteiger partial charge in [-0.15, -0.1) is 0 Å². The maximum Gasteiger partial charge on any atom is 0.123 e. The summed E-state index contributed by atoms with van der Waals surface area (Å²) in [5.74, 6) is 2.75.